The number of benzene rings is 3. The van der Waals surface area contributed by atoms with Crippen molar-refractivity contribution in [1.82, 2.24) is 15.5 Å². The second-order valence-electron chi connectivity index (χ2n) is 11.3. The first-order chi connectivity index (χ1) is 20.2. The average molecular weight is 566 g/mol. The van der Waals surface area contributed by atoms with E-state index in [9.17, 15) is 14.4 Å². The van der Waals surface area contributed by atoms with Crippen molar-refractivity contribution in [2.75, 3.05) is 13.1 Å². The minimum Gasteiger partial charge on any atom is -0.444 e. The molecule has 0 bridgehead atoms. The average Bonchev–Trinajstić information content (AvgIpc) is 3.53. The van der Waals surface area contributed by atoms with E-state index in [0.717, 1.165) is 16.7 Å². The number of alkyl carbamates (subject to hydrolysis) is 1. The van der Waals surface area contributed by atoms with Gasteiger partial charge < -0.3 is 20.3 Å². The highest BCUT2D eigenvalue weighted by atomic mass is 16.6. The number of hydrogen-bond acceptors (Lipinski definition) is 4. The molecular weight excluding hydrogens is 526 g/mol. The van der Waals surface area contributed by atoms with Crippen molar-refractivity contribution in [2.45, 2.75) is 50.8 Å². The Morgan fingerprint density at radius 1 is 0.810 bits per heavy atom. The molecule has 7 heteroatoms. The van der Waals surface area contributed by atoms with Crippen molar-refractivity contribution in [3.8, 4) is 0 Å². The Morgan fingerprint density at radius 2 is 1.29 bits per heavy atom. The molecule has 4 rings (SSSR count). The molecule has 0 saturated heterocycles. The second-order valence-corrected chi connectivity index (χ2v) is 11.3. The number of rotatable bonds is 10. The molecular formula is C35H39N3O4. The van der Waals surface area contributed by atoms with Crippen LogP contribution in [-0.2, 0) is 19.9 Å². The van der Waals surface area contributed by atoms with Crippen LogP contribution >= 0.6 is 0 Å². The smallest absolute Gasteiger partial charge is 0.408 e. The van der Waals surface area contributed by atoms with Crippen LogP contribution in [0.15, 0.2) is 115 Å². The quantitative estimate of drug-likeness (QED) is 0.187. The standard InChI is InChI=1S/C35H39N3O4/c1-34(2,3)42-33(41)36-30(22-24-32(40)38-25-13-14-26-38)21-23-31(39)37-35(27-15-7-4-8-16-27,28-17-9-5-10-18-28)29-19-11-6-12-20-29/h4-20,22,24,30H,21,23,25-26H2,1-3H3,(H,36,41)(H,37,39)/b24-22+/t30-/m0/s1. The molecule has 0 spiro atoms. The molecule has 2 N–H and O–H groups in total. The van der Waals surface area contributed by atoms with Crippen LogP contribution in [0.2, 0.25) is 0 Å². The summed E-state index contributed by atoms with van der Waals surface area (Å²) < 4.78 is 5.45. The molecule has 1 heterocycles. The molecule has 1 atom stereocenters. The highest BCUT2D eigenvalue weighted by Gasteiger charge is 2.37. The summed E-state index contributed by atoms with van der Waals surface area (Å²) in [5, 5.41) is 6.16. The lowest BCUT2D eigenvalue weighted by molar-refractivity contribution is -0.124. The predicted molar refractivity (Wildman–Crippen MR) is 165 cm³/mol. The Labute approximate surface area is 248 Å². The molecule has 0 saturated carbocycles. The van der Waals surface area contributed by atoms with E-state index < -0.39 is 23.3 Å². The summed E-state index contributed by atoms with van der Waals surface area (Å²) in [6.07, 6.45) is 6.71. The Bertz CT molecular complexity index is 1290. The van der Waals surface area contributed by atoms with Gasteiger partial charge in [-0.15, -0.1) is 0 Å². The summed E-state index contributed by atoms with van der Waals surface area (Å²) in [6, 6.07) is 29.1. The van der Waals surface area contributed by atoms with E-state index in [2.05, 4.69) is 10.6 Å². The van der Waals surface area contributed by atoms with Crippen molar-refractivity contribution in [2.24, 2.45) is 0 Å². The van der Waals surface area contributed by atoms with Gasteiger partial charge in [0.15, 0.2) is 0 Å². The fraction of sp³-hybridized carbons (Fsp3) is 0.286. The van der Waals surface area contributed by atoms with Gasteiger partial charge in [-0.1, -0.05) is 109 Å². The summed E-state index contributed by atoms with van der Waals surface area (Å²) in [5.74, 6) is -0.359. The molecule has 3 aromatic rings. The predicted octanol–water partition coefficient (Wildman–Crippen LogP) is 5.72. The van der Waals surface area contributed by atoms with Crippen molar-refractivity contribution in [3.05, 3.63) is 132 Å². The van der Waals surface area contributed by atoms with Gasteiger partial charge in [-0.2, -0.15) is 0 Å². The lowest BCUT2D eigenvalue weighted by Crippen LogP contribution is -2.48. The molecule has 0 radical (unpaired) electrons. The largest absolute Gasteiger partial charge is 0.444 e. The van der Waals surface area contributed by atoms with Crippen molar-refractivity contribution < 1.29 is 19.1 Å². The lowest BCUT2D eigenvalue weighted by Gasteiger charge is -2.37. The number of ether oxygens (including phenoxy) is 1. The van der Waals surface area contributed by atoms with Crippen LogP contribution in [0.5, 0.6) is 0 Å². The number of hydrogen-bond donors (Lipinski definition) is 2. The first-order valence-corrected chi connectivity index (χ1v) is 14.3. The zero-order valence-corrected chi connectivity index (χ0v) is 24.5. The Hall–Kier alpha value is -4.65. The van der Waals surface area contributed by atoms with Crippen LogP contribution in [0.3, 0.4) is 0 Å². The maximum absolute atomic E-state index is 13.8. The summed E-state index contributed by atoms with van der Waals surface area (Å²) in [7, 11) is 0. The SMILES string of the molecule is CC(C)(C)OC(=O)N[C@H](/C=C/C(=O)N1CC=CC1)CCC(=O)NC(c1ccccc1)(c1ccccc1)c1ccccc1. The fourth-order valence-corrected chi connectivity index (χ4v) is 4.98. The van der Waals surface area contributed by atoms with E-state index in [0.29, 0.717) is 13.1 Å². The first-order valence-electron chi connectivity index (χ1n) is 14.3. The zero-order valence-electron chi connectivity index (χ0n) is 24.5. The van der Waals surface area contributed by atoms with E-state index in [-0.39, 0.29) is 24.7 Å². The van der Waals surface area contributed by atoms with Crippen LogP contribution in [0.25, 0.3) is 0 Å². The van der Waals surface area contributed by atoms with Gasteiger partial charge in [0.1, 0.15) is 11.1 Å². The van der Waals surface area contributed by atoms with Crippen LogP contribution in [0.4, 0.5) is 4.79 Å². The van der Waals surface area contributed by atoms with Crippen LogP contribution in [-0.4, -0.2) is 47.5 Å². The van der Waals surface area contributed by atoms with Crippen LogP contribution < -0.4 is 10.6 Å². The zero-order chi connectivity index (χ0) is 30.0. The third kappa shape index (κ3) is 7.97. The Balaban J connectivity index is 1.59. The van der Waals surface area contributed by atoms with Crippen LogP contribution in [0, 0.1) is 0 Å². The second kappa shape index (κ2) is 13.8. The van der Waals surface area contributed by atoms with Crippen LogP contribution in [0.1, 0.15) is 50.3 Å². The van der Waals surface area contributed by atoms with Gasteiger partial charge in [0.05, 0.1) is 6.04 Å². The first kappa shape index (κ1) is 30.3. The van der Waals surface area contributed by atoms with Gasteiger partial charge in [-0.3, -0.25) is 9.59 Å². The summed E-state index contributed by atoms with van der Waals surface area (Å²) in [5.41, 5.74) is 1.13. The minimum absolute atomic E-state index is 0.0957. The fourth-order valence-electron chi connectivity index (χ4n) is 4.98. The summed E-state index contributed by atoms with van der Waals surface area (Å²) >= 11 is 0. The lowest BCUT2D eigenvalue weighted by atomic mass is 9.77. The van der Waals surface area contributed by atoms with Gasteiger partial charge in [-0.05, 0) is 43.9 Å². The van der Waals surface area contributed by atoms with Gasteiger partial charge in [0.2, 0.25) is 11.8 Å². The molecule has 0 unspecified atom stereocenters. The van der Waals surface area contributed by atoms with E-state index in [1.807, 2.05) is 103 Å². The Kier molecular flexibility index (Phi) is 9.97. The third-order valence-corrected chi connectivity index (χ3v) is 6.93. The summed E-state index contributed by atoms with van der Waals surface area (Å²) in [4.78, 5) is 40.7. The van der Waals surface area contributed by atoms with E-state index in [1.54, 1.807) is 31.7 Å². The molecule has 3 aromatic carbocycles. The topological polar surface area (TPSA) is 87.7 Å². The highest BCUT2D eigenvalue weighted by Crippen LogP contribution is 2.37. The molecule has 1 aliphatic heterocycles. The number of nitrogens with one attached hydrogen (secondary N) is 2. The van der Waals surface area contributed by atoms with E-state index in [1.165, 1.54) is 6.08 Å². The molecule has 42 heavy (non-hydrogen) atoms. The molecule has 0 aromatic heterocycles. The number of carbonyl (C=O) groups excluding carboxylic acids is 3. The molecule has 0 fully saturated rings. The number of nitrogens with zero attached hydrogens (tertiary/aromatic N) is 1. The van der Waals surface area contributed by atoms with Gasteiger partial charge in [0.25, 0.3) is 0 Å². The maximum Gasteiger partial charge on any atom is 0.408 e. The molecule has 3 amide bonds. The van der Waals surface area contributed by atoms with Crippen molar-refractivity contribution >= 4 is 17.9 Å². The summed E-state index contributed by atoms with van der Waals surface area (Å²) in [6.45, 7) is 6.45. The van der Waals surface area contributed by atoms with E-state index in [4.69, 9.17) is 4.74 Å². The monoisotopic (exact) mass is 565 g/mol. The molecule has 7 nitrogen and oxygen atoms in total. The molecule has 0 aliphatic carbocycles. The highest BCUT2D eigenvalue weighted by molar-refractivity contribution is 5.88. The van der Waals surface area contributed by atoms with Gasteiger partial charge >= 0.3 is 6.09 Å². The molecule has 218 valence electrons. The number of amides is 3. The van der Waals surface area contributed by atoms with Crippen molar-refractivity contribution in [1.29, 1.82) is 0 Å². The van der Waals surface area contributed by atoms with Gasteiger partial charge in [0, 0.05) is 25.6 Å². The van der Waals surface area contributed by atoms with Crippen molar-refractivity contribution in [3.63, 3.8) is 0 Å². The molecule has 1 aliphatic rings. The number of carbonyl (C=O) groups is 3. The van der Waals surface area contributed by atoms with E-state index >= 15 is 0 Å². The maximum atomic E-state index is 13.8. The normalized spacial score (nSPS) is 14.0. The third-order valence-electron chi connectivity index (χ3n) is 6.93. The Morgan fingerprint density at radius 3 is 1.74 bits per heavy atom. The van der Waals surface area contributed by atoms with Gasteiger partial charge in [-0.25, -0.2) is 4.79 Å². The minimum atomic E-state index is -0.941.